The Morgan fingerprint density at radius 2 is 1.89 bits per heavy atom. The molecule has 1 aliphatic rings. The highest BCUT2D eigenvalue weighted by atomic mass is 35.5. The lowest BCUT2D eigenvalue weighted by atomic mass is 10.1. The van der Waals surface area contributed by atoms with Crippen LogP contribution in [-0.4, -0.2) is 39.8 Å². The van der Waals surface area contributed by atoms with Gasteiger partial charge in [0.2, 0.25) is 12.7 Å². The van der Waals surface area contributed by atoms with Gasteiger partial charge in [-0.1, -0.05) is 17.7 Å². The van der Waals surface area contributed by atoms with E-state index < -0.39 is 0 Å². The maximum Gasteiger partial charge on any atom is 0.316 e. The number of nitrogens with zero attached hydrogens (tertiary/aromatic N) is 4. The molecule has 0 fully saturated rings. The number of rotatable bonds is 6. The van der Waals surface area contributed by atoms with E-state index in [-0.39, 0.29) is 26.0 Å². The topological polar surface area (TPSA) is 107 Å². The van der Waals surface area contributed by atoms with Crippen LogP contribution >= 0.6 is 11.6 Å². The van der Waals surface area contributed by atoms with E-state index in [0.29, 0.717) is 33.8 Å². The number of anilines is 1. The van der Waals surface area contributed by atoms with Crippen molar-refractivity contribution in [3.05, 3.63) is 35.6 Å². The molecule has 27 heavy (non-hydrogen) atoms. The molecule has 0 aliphatic carbocycles. The van der Waals surface area contributed by atoms with Gasteiger partial charge in [-0.15, -0.1) is 5.10 Å². The lowest BCUT2D eigenvalue weighted by molar-refractivity contribution is 0.174. The normalized spacial score (nSPS) is 12.2. The summed E-state index contributed by atoms with van der Waals surface area (Å²) in [7, 11) is 1.75. The van der Waals surface area contributed by atoms with Gasteiger partial charge < -0.3 is 24.7 Å². The van der Waals surface area contributed by atoms with Crippen molar-refractivity contribution in [2.75, 3.05) is 25.7 Å². The number of ether oxygens (including phenoxy) is 4. The van der Waals surface area contributed by atoms with Crippen molar-refractivity contribution in [2.45, 2.75) is 0 Å². The Kier molecular flexibility index (Phi) is 4.59. The Balaban J connectivity index is 1.47. The third-order valence-electron chi connectivity index (χ3n) is 3.87. The van der Waals surface area contributed by atoms with Crippen LogP contribution in [0.3, 0.4) is 0 Å². The largest absolute Gasteiger partial charge is 0.472 e. The van der Waals surface area contributed by atoms with Crippen molar-refractivity contribution in [1.29, 1.82) is 0 Å². The van der Waals surface area contributed by atoms with E-state index in [9.17, 15) is 0 Å². The number of aromatic nitrogens is 4. The molecule has 2 aromatic heterocycles. The summed E-state index contributed by atoms with van der Waals surface area (Å²) >= 11 is 5.74. The molecule has 1 aliphatic heterocycles. The van der Waals surface area contributed by atoms with Crippen LogP contribution in [-0.2, 0) is 7.05 Å². The molecule has 4 rings (SSSR count). The molecule has 2 N–H and O–H groups in total. The molecule has 3 heterocycles. The molecular formula is C17H16ClN5O4. The van der Waals surface area contributed by atoms with Crippen LogP contribution in [0.5, 0.6) is 23.4 Å². The van der Waals surface area contributed by atoms with Crippen LogP contribution in [0.1, 0.15) is 0 Å². The first kappa shape index (κ1) is 17.2. The molecule has 0 amide bonds. The second-order valence-electron chi connectivity index (χ2n) is 5.64. The average Bonchev–Trinajstić information content (AvgIpc) is 3.24. The minimum absolute atomic E-state index is 0.203. The van der Waals surface area contributed by atoms with Gasteiger partial charge in [0.1, 0.15) is 19.0 Å². The molecule has 0 spiro atoms. The maximum atomic E-state index is 6.17. The fourth-order valence-electron chi connectivity index (χ4n) is 2.58. The third kappa shape index (κ3) is 3.54. The van der Waals surface area contributed by atoms with Gasteiger partial charge in [0, 0.05) is 7.05 Å². The molecule has 10 heteroatoms. The van der Waals surface area contributed by atoms with Gasteiger partial charge in [-0.2, -0.15) is 0 Å². The van der Waals surface area contributed by atoms with E-state index in [4.69, 9.17) is 36.3 Å². The number of benzene rings is 1. The van der Waals surface area contributed by atoms with Crippen molar-refractivity contribution in [3.63, 3.8) is 0 Å². The first-order valence-electron chi connectivity index (χ1n) is 8.07. The number of aryl methyl sites for hydroxylation is 1. The molecule has 0 radical (unpaired) electrons. The predicted octanol–water partition coefficient (Wildman–Crippen LogP) is 2.30. The summed E-state index contributed by atoms with van der Waals surface area (Å²) in [6, 6.07) is 5.78. The number of halogens is 1. The van der Waals surface area contributed by atoms with E-state index in [1.165, 1.54) is 12.4 Å². The molecular weight excluding hydrogens is 374 g/mol. The highest BCUT2D eigenvalue weighted by molar-refractivity contribution is 6.30. The van der Waals surface area contributed by atoms with Crippen molar-refractivity contribution >= 4 is 17.4 Å². The summed E-state index contributed by atoms with van der Waals surface area (Å²) in [5, 5.41) is 4.77. The fourth-order valence-corrected chi connectivity index (χ4v) is 2.68. The number of nitrogens with two attached hydrogens (primary N) is 1. The smallest absolute Gasteiger partial charge is 0.316 e. The van der Waals surface area contributed by atoms with E-state index in [1.54, 1.807) is 11.7 Å². The lowest BCUT2D eigenvalue weighted by Crippen LogP contribution is -2.11. The van der Waals surface area contributed by atoms with Crippen molar-refractivity contribution in [3.8, 4) is 34.5 Å². The molecule has 1 aromatic carbocycles. The summed E-state index contributed by atoms with van der Waals surface area (Å²) in [4.78, 5) is 7.91. The molecule has 0 bridgehead atoms. The number of hydrogen-bond acceptors (Lipinski definition) is 8. The van der Waals surface area contributed by atoms with Gasteiger partial charge >= 0.3 is 6.01 Å². The van der Waals surface area contributed by atoms with Gasteiger partial charge in [-0.05, 0) is 17.7 Å². The maximum absolute atomic E-state index is 6.17. The highest BCUT2D eigenvalue weighted by Crippen LogP contribution is 2.40. The zero-order valence-electron chi connectivity index (χ0n) is 14.4. The van der Waals surface area contributed by atoms with Crippen LogP contribution in [0.4, 0.5) is 5.82 Å². The second kappa shape index (κ2) is 7.20. The summed E-state index contributed by atoms with van der Waals surface area (Å²) in [6.07, 6.45) is 2.92. The standard InChI is InChI=1S/C17H16ClN5O4/c1-23-15(19)14(10-2-3-12-13(6-10)27-9-26-12)16(22-23)24-4-5-25-17-20-7-11(18)8-21-17/h2-3,6-8H,4-5,9,19H2,1H3. The first-order valence-corrected chi connectivity index (χ1v) is 8.45. The van der Waals surface area contributed by atoms with Crippen LogP contribution in [0.15, 0.2) is 30.6 Å². The zero-order valence-corrected chi connectivity index (χ0v) is 15.1. The Hall–Kier alpha value is -3.20. The Bertz CT molecular complexity index is 961. The van der Waals surface area contributed by atoms with E-state index in [0.717, 1.165) is 5.56 Å². The van der Waals surface area contributed by atoms with Crippen LogP contribution in [0, 0.1) is 0 Å². The molecule has 0 saturated heterocycles. The predicted molar refractivity (Wildman–Crippen MR) is 97.2 cm³/mol. The molecule has 9 nitrogen and oxygen atoms in total. The van der Waals surface area contributed by atoms with Gasteiger partial charge in [0.25, 0.3) is 0 Å². The molecule has 3 aromatic rings. The highest BCUT2D eigenvalue weighted by Gasteiger charge is 2.21. The van der Waals surface area contributed by atoms with Gasteiger partial charge in [-0.3, -0.25) is 0 Å². The second-order valence-corrected chi connectivity index (χ2v) is 6.07. The summed E-state index contributed by atoms with van der Waals surface area (Å²) in [5.41, 5.74) is 7.68. The van der Waals surface area contributed by atoms with Crippen LogP contribution in [0.25, 0.3) is 11.1 Å². The van der Waals surface area contributed by atoms with Crippen LogP contribution in [0.2, 0.25) is 5.02 Å². The quantitative estimate of drug-likeness (QED) is 0.640. The van der Waals surface area contributed by atoms with Gasteiger partial charge in [0.05, 0.1) is 23.0 Å². The monoisotopic (exact) mass is 389 g/mol. The Morgan fingerprint density at radius 1 is 1.15 bits per heavy atom. The van der Waals surface area contributed by atoms with Crippen molar-refractivity contribution in [1.82, 2.24) is 19.7 Å². The molecule has 140 valence electrons. The molecule has 0 unspecified atom stereocenters. The Morgan fingerprint density at radius 3 is 2.70 bits per heavy atom. The molecule has 0 saturated carbocycles. The van der Waals surface area contributed by atoms with Crippen molar-refractivity contribution in [2.24, 2.45) is 7.05 Å². The van der Waals surface area contributed by atoms with Crippen LogP contribution < -0.4 is 24.7 Å². The first-order chi connectivity index (χ1) is 13.1. The van der Waals surface area contributed by atoms with E-state index >= 15 is 0 Å². The average molecular weight is 390 g/mol. The van der Waals surface area contributed by atoms with Gasteiger partial charge in [0.15, 0.2) is 11.5 Å². The summed E-state index contributed by atoms with van der Waals surface area (Å²) < 4.78 is 23.5. The number of hydrogen-bond donors (Lipinski definition) is 1. The summed E-state index contributed by atoms with van der Waals surface area (Å²) in [6.45, 7) is 0.674. The number of fused-ring (bicyclic) bond motifs is 1. The van der Waals surface area contributed by atoms with E-state index in [1.807, 2.05) is 18.2 Å². The zero-order chi connectivity index (χ0) is 18.8. The Labute approximate surface area is 159 Å². The lowest BCUT2D eigenvalue weighted by Gasteiger charge is -2.08. The van der Waals surface area contributed by atoms with Crippen molar-refractivity contribution < 1.29 is 18.9 Å². The SMILES string of the molecule is Cn1nc(OCCOc2ncc(Cl)cn2)c(-c2ccc3c(c2)OCO3)c1N. The summed E-state index contributed by atoms with van der Waals surface area (Å²) in [5.74, 6) is 2.23. The minimum atomic E-state index is 0.203. The minimum Gasteiger partial charge on any atom is -0.472 e. The van der Waals surface area contributed by atoms with E-state index in [2.05, 4.69) is 15.1 Å². The third-order valence-corrected chi connectivity index (χ3v) is 4.07. The fraction of sp³-hybridized carbons (Fsp3) is 0.235. The number of nitrogen functional groups attached to an aromatic ring is 1. The van der Waals surface area contributed by atoms with Gasteiger partial charge in [-0.25, -0.2) is 14.6 Å². The molecule has 0 atom stereocenters.